The van der Waals surface area contributed by atoms with Crippen molar-refractivity contribution >= 4 is 69.8 Å². The monoisotopic (exact) mass is 774 g/mol. The minimum absolute atomic E-state index is 0.0232. The van der Waals surface area contributed by atoms with E-state index in [1.54, 1.807) is 35.4 Å². The Bertz CT molecular complexity index is 2080. The highest BCUT2D eigenvalue weighted by Crippen LogP contribution is 2.21. The molecule has 0 bridgehead atoms. The van der Waals surface area contributed by atoms with E-state index in [1.165, 1.54) is 0 Å². The topological polar surface area (TPSA) is 249 Å². The summed E-state index contributed by atoms with van der Waals surface area (Å²) in [6.45, 7) is 7.52. The third kappa shape index (κ3) is 11.4. The van der Waals surface area contributed by atoms with Gasteiger partial charge in [0.05, 0.1) is 18.5 Å². The van der Waals surface area contributed by atoms with Crippen LogP contribution < -0.4 is 21.7 Å². The number of nitrogens with zero attached hydrogens (tertiary/aromatic N) is 2. The molecule has 0 aliphatic rings. The molecule has 7 N–H and O–H groups in total. The van der Waals surface area contributed by atoms with Crippen molar-refractivity contribution in [2.45, 2.75) is 71.1 Å². The van der Waals surface area contributed by atoms with Crippen molar-refractivity contribution in [3.05, 3.63) is 72.1 Å². The van der Waals surface area contributed by atoms with Crippen LogP contribution in [-0.2, 0) is 42.9 Å². The summed E-state index contributed by atoms with van der Waals surface area (Å²) in [5, 5.41) is 27.4. The molecule has 2 aromatic carbocycles. The number of carboxylic acids is 2. The number of aromatic nitrogens is 2. The van der Waals surface area contributed by atoms with Crippen LogP contribution in [0.3, 0.4) is 0 Å². The number of nitrogens with two attached hydrogens (primary N) is 1. The Morgan fingerprint density at radius 3 is 1.54 bits per heavy atom. The fraction of sp³-hybridized carbons (Fsp3) is 0.400. The molecule has 0 saturated heterocycles. The van der Waals surface area contributed by atoms with Crippen LogP contribution in [0.1, 0.15) is 67.9 Å². The molecule has 3 amide bonds. The molecule has 16 heteroatoms. The van der Waals surface area contributed by atoms with Gasteiger partial charge in [-0.15, -0.1) is 0 Å². The van der Waals surface area contributed by atoms with Gasteiger partial charge < -0.3 is 50.6 Å². The van der Waals surface area contributed by atoms with E-state index in [2.05, 4.69) is 16.0 Å². The van der Waals surface area contributed by atoms with Crippen molar-refractivity contribution in [2.75, 3.05) is 0 Å². The molecule has 0 spiro atoms. The maximum Gasteiger partial charge on any atom is 0.321 e. The van der Waals surface area contributed by atoms with Crippen LogP contribution in [0, 0.1) is 17.8 Å². The molecule has 4 aromatic rings. The molecule has 0 saturated carbocycles. The molecule has 2 aromatic heterocycles. The van der Waals surface area contributed by atoms with Gasteiger partial charge in [-0.3, -0.25) is 28.8 Å². The highest BCUT2D eigenvalue weighted by atomic mass is 16.4. The number of nitrogens with one attached hydrogen (secondary N) is 3. The molecule has 16 nitrogen and oxygen atoms in total. The van der Waals surface area contributed by atoms with E-state index in [-0.39, 0.29) is 24.5 Å². The zero-order valence-electron chi connectivity index (χ0n) is 32.2. The number of fused-ring (bicyclic) bond motifs is 2. The highest BCUT2D eigenvalue weighted by Gasteiger charge is 2.36. The number of benzene rings is 2. The fourth-order valence-corrected chi connectivity index (χ4v) is 6.22. The summed E-state index contributed by atoms with van der Waals surface area (Å²) in [4.78, 5) is 95.2. The highest BCUT2D eigenvalue weighted by molar-refractivity contribution is 6.05. The SMILES string of the molecule is CC(C)C[C@H](NC(=O)c1cc2ccccc2n1C)C(=O)N[C@H](C=O)CC(=O)O.CC(C)C[C@H](NC(=O)c1cc2ccccc2n1C)C(=O)[C@H](C=O)C(N)C(=O)O. The first kappa shape index (κ1) is 44.2. The van der Waals surface area contributed by atoms with Crippen molar-refractivity contribution in [2.24, 2.45) is 37.6 Å². The van der Waals surface area contributed by atoms with Crippen molar-refractivity contribution in [3.8, 4) is 0 Å². The van der Waals surface area contributed by atoms with Gasteiger partial charge in [-0.25, -0.2) is 0 Å². The predicted octanol–water partition coefficient (Wildman–Crippen LogP) is 2.60. The molecule has 4 rings (SSSR count). The first-order chi connectivity index (χ1) is 26.4. The Morgan fingerprint density at radius 2 is 1.14 bits per heavy atom. The van der Waals surface area contributed by atoms with Crippen LogP contribution >= 0.6 is 0 Å². The summed E-state index contributed by atoms with van der Waals surface area (Å²) in [5.74, 6) is -6.25. The summed E-state index contributed by atoms with van der Waals surface area (Å²) in [6, 6.07) is 13.7. The Labute approximate surface area is 323 Å². The molecule has 300 valence electrons. The minimum Gasteiger partial charge on any atom is -0.481 e. The number of carbonyl (C=O) groups excluding carboxylic acids is 6. The van der Waals surface area contributed by atoms with Gasteiger partial charge in [0.15, 0.2) is 5.78 Å². The molecule has 0 radical (unpaired) electrons. The smallest absolute Gasteiger partial charge is 0.321 e. The van der Waals surface area contributed by atoms with E-state index in [4.69, 9.17) is 15.9 Å². The Kier molecular flexibility index (Phi) is 15.8. The van der Waals surface area contributed by atoms with Crippen molar-refractivity contribution < 1.29 is 48.6 Å². The summed E-state index contributed by atoms with van der Waals surface area (Å²) in [7, 11) is 3.51. The number of amides is 3. The quantitative estimate of drug-likeness (QED) is 0.0633. The molecular formula is C40H50N6O10. The molecule has 0 aliphatic carbocycles. The van der Waals surface area contributed by atoms with Gasteiger partial charge in [-0.05, 0) is 48.9 Å². The van der Waals surface area contributed by atoms with Crippen molar-refractivity contribution in [3.63, 3.8) is 0 Å². The number of Topliss-reactive ketones (excluding diaryl/α,β-unsaturated/α-hetero) is 1. The second-order valence-electron chi connectivity index (χ2n) is 14.4. The number of hydrogen-bond donors (Lipinski definition) is 6. The minimum atomic E-state index is -1.66. The molecule has 0 fully saturated rings. The third-order valence-corrected chi connectivity index (χ3v) is 9.09. The van der Waals surface area contributed by atoms with E-state index < -0.39 is 71.9 Å². The lowest BCUT2D eigenvalue weighted by Crippen LogP contribution is -2.51. The number of aryl methyl sites for hydroxylation is 2. The number of ketones is 1. The number of carbonyl (C=O) groups is 8. The molecule has 0 aliphatic heterocycles. The average Bonchev–Trinajstić information content (AvgIpc) is 3.66. The maximum atomic E-state index is 12.8. The van der Waals surface area contributed by atoms with Gasteiger partial charge in [0, 0.05) is 35.9 Å². The van der Waals surface area contributed by atoms with Crippen LogP contribution in [0.5, 0.6) is 0 Å². The normalized spacial score (nSPS) is 13.8. The first-order valence-electron chi connectivity index (χ1n) is 18.0. The van der Waals surface area contributed by atoms with Crippen LogP contribution in [0.25, 0.3) is 21.8 Å². The lowest BCUT2D eigenvalue weighted by Gasteiger charge is -2.24. The van der Waals surface area contributed by atoms with Crippen LogP contribution in [0.4, 0.5) is 0 Å². The Balaban J connectivity index is 0.000000300. The zero-order chi connectivity index (χ0) is 41.9. The number of para-hydroxylation sites is 2. The number of aliphatic carboxylic acids is 2. The number of hydrogen-bond acceptors (Lipinski definition) is 9. The van der Waals surface area contributed by atoms with E-state index >= 15 is 0 Å². The van der Waals surface area contributed by atoms with Crippen LogP contribution in [-0.4, -0.2) is 91.5 Å². The number of carboxylic acid groups (broad SMARTS) is 2. The first-order valence-corrected chi connectivity index (χ1v) is 18.0. The number of rotatable bonds is 18. The van der Waals surface area contributed by atoms with E-state index in [9.17, 15) is 38.4 Å². The molecule has 5 atom stereocenters. The second kappa shape index (κ2) is 20.0. The van der Waals surface area contributed by atoms with Gasteiger partial charge in [0.1, 0.15) is 42.0 Å². The largest absolute Gasteiger partial charge is 0.481 e. The van der Waals surface area contributed by atoms with Gasteiger partial charge >= 0.3 is 11.9 Å². The van der Waals surface area contributed by atoms with Gasteiger partial charge in [0.25, 0.3) is 11.8 Å². The predicted molar refractivity (Wildman–Crippen MR) is 208 cm³/mol. The summed E-state index contributed by atoms with van der Waals surface area (Å²) in [6.07, 6.45) is 0.702. The average molecular weight is 775 g/mol. The fourth-order valence-electron chi connectivity index (χ4n) is 6.22. The summed E-state index contributed by atoms with van der Waals surface area (Å²) in [5.41, 5.74) is 8.00. The van der Waals surface area contributed by atoms with Gasteiger partial charge in [-0.2, -0.15) is 0 Å². The van der Waals surface area contributed by atoms with E-state index in [0.29, 0.717) is 24.1 Å². The van der Waals surface area contributed by atoms with Crippen LogP contribution in [0.15, 0.2) is 60.7 Å². The summed E-state index contributed by atoms with van der Waals surface area (Å²) >= 11 is 0. The Morgan fingerprint density at radius 1 is 0.696 bits per heavy atom. The van der Waals surface area contributed by atoms with Crippen molar-refractivity contribution in [1.82, 2.24) is 25.1 Å². The van der Waals surface area contributed by atoms with Gasteiger partial charge in [0.2, 0.25) is 5.91 Å². The van der Waals surface area contributed by atoms with Crippen LogP contribution in [0.2, 0.25) is 0 Å². The zero-order valence-corrected chi connectivity index (χ0v) is 32.2. The van der Waals surface area contributed by atoms with Crippen molar-refractivity contribution in [1.29, 1.82) is 0 Å². The Hall–Kier alpha value is -6.16. The molecular weight excluding hydrogens is 724 g/mol. The third-order valence-electron chi connectivity index (χ3n) is 9.09. The standard InChI is InChI=1S/2C20H25N3O5/c1-12(2)8-15(19(27)21-14(11-24)10-18(25)26)22-20(28)17-9-13-6-4-5-7-16(13)23(17)3;1-11(2)8-14(18(25)13(10-24)17(21)20(27)28)22-19(26)16-9-12-6-4-5-7-15(12)23(16)3/h4-7,9,11-12,14-15H,8,10H2,1-3H3,(H,21,27)(H,22,28)(H,25,26);4-7,9-11,13-14,17H,8,21H2,1-3H3,(H,22,26)(H,27,28)/t14-,15-;13-,14+,17?/m01/s1. The van der Waals surface area contributed by atoms with Gasteiger partial charge in [-0.1, -0.05) is 64.1 Å². The molecule has 56 heavy (non-hydrogen) atoms. The van der Waals surface area contributed by atoms with E-state index in [1.807, 2.05) is 76.2 Å². The summed E-state index contributed by atoms with van der Waals surface area (Å²) < 4.78 is 3.45. The lowest BCUT2D eigenvalue weighted by molar-refractivity contribution is -0.144. The number of aldehydes is 2. The molecule has 2 heterocycles. The van der Waals surface area contributed by atoms with E-state index in [0.717, 1.165) is 21.8 Å². The second-order valence-corrected chi connectivity index (χ2v) is 14.4. The maximum absolute atomic E-state index is 12.8. The lowest BCUT2D eigenvalue weighted by atomic mass is 9.88. The molecule has 1 unspecified atom stereocenters.